The SMILES string of the molecule is CC(C)C(CBr)CSc1ccccc1[N+](=O)[O-]. The van der Waals surface area contributed by atoms with Crippen LogP contribution >= 0.6 is 27.7 Å². The van der Waals surface area contributed by atoms with Crippen molar-refractivity contribution in [2.24, 2.45) is 11.8 Å². The van der Waals surface area contributed by atoms with Crippen LogP contribution in [-0.2, 0) is 0 Å². The van der Waals surface area contributed by atoms with Crippen molar-refractivity contribution in [3.05, 3.63) is 34.4 Å². The van der Waals surface area contributed by atoms with E-state index in [1.807, 2.05) is 12.1 Å². The Labute approximate surface area is 114 Å². The summed E-state index contributed by atoms with van der Waals surface area (Å²) in [5.41, 5.74) is 0.203. The summed E-state index contributed by atoms with van der Waals surface area (Å²) in [6.07, 6.45) is 0. The minimum Gasteiger partial charge on any atom is -0.258 e. The molecule has 0 radical (unpaired) electrons. The van der Waals surface area contributed by atoms with E-state index in [4.69, 9.17) is 0 Å². The molecular weight excluding hydrogens is 302 g/mol. The summed E-state index contributed by atoms with van der Waals surface area (Å²) in [5.74, 6) is 2.00. The zero-order valence-corrected chi connectivity index (χ0v) is 12.3. The van der Waals surface area contributed by atoms with Gasteiger partial charge in [0, 0.05) is 17.1 Å². The summed E-state index contributed by atoms with van der Waals surface area (Å²) in [6.45, 7) is 4.35. The van der Waals surface area contributed by atoms with Crippen LogP contribution < -0.4 is 0 Å². The standard InChI is InChI=1S/C12H16BrNO2S/c1-9(2)10(7-13)8-17-12-6-4-3-5-11(12)14(15)16/h3-6,9-10H,7-8H2,1-2H3. The molecule has 0 spiro atoms. The second-order valence-electron chi connectivity index (χ2n) is 4.19. The van der Waals surface area contributed by atoms with E-state index < -0.39 is 0 Å². The smallest absolute Gasteiger partial charge is 0.258 e. The predicted octanol–water partition coefficient (Wildman–Crippen LogP) is 4.35. The fourth-order valence-corrected chi connectivity index (χ4v) is 3.98. The minimum atomic E-state index is -0.319. The molecule has 1 unspecified atom stereocenters. The third-order valence-electron chi connectivity index (χ3n) is 2.66. The molecule has 1 rings (SSSR count). The van der Waals surface area contributed by atoms with Gasteiger partial charge in [0.2, 0.25) is 0 Å². The van der Waals surface area contributed by atoms with Gasteiger partial charge in [-0.1, -0.05) is 41.9 Å². The summed E-state index contributed by atoms with van der Waals surface area (Å²) < 4.78 is 0. The highest BCUT2D eigenvalue weighted by Crippen LogP contribution is 2.31. The summed E-state index contributed by atoms with van der Waals surface area (Å²) in [5, 5.41) is 11.8. The van der Waals surface area contributed by atoms with E-state index in [9.17, 15) is 10.1 Å². The molecule has 3 nitrogen and oxygen atoms in total. The Hall–Kier alpha value is -0.550. The van der Waals surface area contributed by atoms with E-state index in [1.165, 1.54) is 0 Å². The monoisotopic (exact) mass is 317 g/mol. The lowest BCUT2D eigenvalue weighted by Crippen LogP contribution is -2.13. The second kappa shape index (κ2) is 7.01. The average Bonchev–Trinajstić information content (AvgIpc) is 2.29. The van der Waals surface area contributed by atoms with Crippen molar-refractivity contribution >= 4 is 33.4 Å². The first-order valence-corrected chi connectivity index (χ1v) is 7.59. The van der Waals surface area contributed by atoms with Crippen molar-refractivity contribution in [1.82, 2.24) is 0 Å². The molecule has 0 aliphatic heterocycles. The molecule has 1 aromatic carbocycles. The number of alkyl halides is 1. The molecule has 1 atom stereocenters. The lowest BCUT2D eigenvalue weighted by molar-refractivity contribution is -0.387. The van der Waals surface area contributed by atoms with E-state index in [1.54, 1.807) is 23.9 Å². The summed E-state index contributed by atoms with van der Waals surface area (Å²) in [4.78, 5) is 11.3. The van der Waals surface area contributed by atoms with E-state index in [-0.39, 0.29) is 10.6 Å². The first kappa shape index (κ1) is 14.5. The molecule has 0 aromatic heterocycles. The van der Waals surface area contributed by atoms with Crippen molar-refractivity contribution < 1.29 is 4.92 Å². The van der Waals surface area contributed by atoms with E-state index in [0.717, 1.165) is 16.0 Å². The molecular formula is C12H16BrNO2S. The number of halogens is 1. The molecule has 94 valence electrons. The average molecular weight is 318 g/mol. The Bertz CT molecular complexity index is 385. The lowest BCUT2D eigenvalue weighted by Gasteiger charge is -2.17. The second-order valence-corrected chi connectivity index (χ2v) is 5.90. The molecule has 0 aliphatic carbocycles. The molecule has 1 aromatic rings. The molecule has 0 aliphatic rings. The van der Waals surface area contributed by atoms with Gasteiger partial charge in [0.25, 0.3) is 5.69 Å². The van der Waals surface area contributed by atoms with Crippen molar-refractivity contribution in [1.29, 1.82) is 0 Å². The highest BCUT2D eigenvalue weighted by atomic mass is 79.9. The molecule has 0 heterocycles. The van der Waals surface area contributed by atoms with Crippen LogP contribution in [0.4, 0.5) is 5.69 Å². The Morgan fingerprint density at radius 2 is 2.06 bits per heavy atom. The molecule has 0 amide bonds. The quantitative estimate of drug-likeness (QED) is 0.339. The number of nitro benzene ring substituents is 1. The van der Waals surface area contributed by atoms with Crippen LogP contribution in [0.1, 0.15) is 13.8 Å². The summed E-state index contributed by atoms with van der Waals surface area (Å²) >= 11 is 5.05. The van der Waals surface area contributed by atoms with Gasteiger partial charge < -0.3 is 0 Å². The van der Waals surface area contributed by atoms with Crippen LogP contribution in [0.3, 0.4) is 0 Å². The lowest BCUT2D eigenvalue weighted by atomic mass is 10.0. The highest BCUT2D eigenvalue weighted by Gasteiger charge is 2.17. The zero-order valence-electron chi connectivity index (χ0n) is 9.93. The Balaban J connectivity index is 2.72. The summed E-state index contributed by atoms with van der Waals surface area (Å²) in [7, 11) is 0. The van der Waals surface area contributed by atoms with Crippen molar-refractivity contribution in [2.75, 3.05) is 11.1 Å². The van der Waals surface area contributed by atoms with Gasteiger partial charge in [-0.3, -0.25) is 10.1 Å². The minimum absolute atomic E-state index is 0.203. The highest BCUT2D eigenvalue weighted by molar-refractivity contribution is 9.09. The molecule has 0 N–H and O–H groups in total. The predicted molar refractivity (Wildman–Crippen MR) is 75.9 cm³/mol. The third kappa shape index (κ3) is 4.32. The van der Waals surface area contributed by atoms with Crippen LogP contribution in [0.15, 0.2) is 29.2 Å². The Morgan fingerprint density at radius 1 is 1.41 bits per heavy atom. The Morgan fingerprint density at radius 3 is 2.59 bits per heavy atom. The van der Waals surface area contributed by atoms with E-state index >= 15 is 0 Å². The number of rotatable bonds is 6. The van der Waals surface area contributed by atoms with Gasteiger partial charge in [0.15, 0.2) is 0 Å². The number of nitrogens with zero attached hydrogens (tertiary/aromatic N) is 1. The number of hydrogen-bond donors (Lipinski definition) is 0. The molecule has 0 saturated carbocycles. The molecule has 17 heavy (non-hydrogen) atoms. The molecule has 0 fully saturated rings. The van der Waals surface area contributed by atoms with Gasteiger partial charge in [-0.05, 0) is 17.9 Å². The maximum Gasteiger partial charge on any atom is 0.282 e. The van der Waals surface area contributed by atoms with Gasteiger partial charge in [-0.2, -0.15) is 0 Å². The van der Waals surface area contributed by atoms with Crippen LogP contribution in [0.2, 0.25) is 0 Å². The number of nitro groups is 1. The van der Waals surface area contributed by atoms with Crippen LogP contribution in [0.25, 0.3) is 0 Å². The van der Waals surface area contributed by atoms with Crippen LogP contribution in [0, 0.1) is 22.0 Å². The van der Waals surface area contributed by atoms with Gasteiger partial charge in [-0.25, -0.2) is 0 Å². The maximum absolute atomic E-state index is 10.9. The van der Waals surface area contributed by atoms with Crippen molar-refractivity contribution in [3.8, 4) is 0 Å². The first-order chi connectivity index (χ1) is 8.06. The van der Waals surface area contributed by atoms with E-state index in [0.29, 0.717) is 11.8 Å². The van der Waals surface area contributed by atoms with Crippen molar-refractivity contribution in [3.63, 3.8) is 0 Å². The van der Waals surface area contributed by atoms with Crippen LogP contribution in [-0.4, -0.2) is 16.0 Å². The largest absolute Gasteiger partial charge is 0.282 e. The molecule has 5 heteroatoms. The third-order valence-corrected chi connectivity index (χ3v) is 4.74. The number of hydrogen-bond acceptors (Lipinski definition) is 3. The fraction of sp³-hybridized carbons (Fsp3) is 0.500. The summed E-state index contributed by atoms with van der Waals surface area (Å²) in [6, 6.07) is 6.91. The van der Waals surface area contributed by atoms with Crippen LogP contribution in [0.5, 0.6) is 0 Å². The zero-order chi connectivity index (χ0) is 12.8. The van der Waals surface area contributed by atoms with Gasteiger partial charge in [-0.15, -0.1) is 11.8 Å². The molecule has 0 saturated heterocycles. The fourth-order valence-electron chi connectivity index (χ4n) is 1.34. The topological polar surface area (TPSA) is 43.1 Å². The normalized spacial score (nSPS) is 12.7. The van der Waals surface area contributed by atoms with Gasteiger partial charge in [0.05, 0.1) is 9.82 Å². The Kier molecular flexibility index (Phi) is 5.98. The van der Waals surface area contributed by atoms with Gasteiger partial charge >= 0.3 is 0 Å². The number of para-hydroxylation sites is 1. The van der Waals surface area contributed by atoms with Crippen molar-refractivity contribution in [2.45, 2.75) is 18.7 Å². The number of benzene rings is 1. The maximum atomic E-state index is 10.9. The number of thioether (sulfide) groups is 1. The van der Waals surface area contributed by atoms with Gasteiger partial charge in [0.1, 0.15) is 0 Å². The van der Waals surface area contributed by atoms with E-state index in [2.05, 4.69) is 29.8 Å². The first-order valence-electron chi connectivity index (χ1n) is 5.48. The molecule has 0 bridgehead atoms.